The first-order valence-corrected chi connectivity index (χ1v) is 34.8. The number of phenolic OH excluding ortho intramolecular Hbond substituents is 7. The number of anilines is 8. The van der Waals surface area contributed by atoms with Gasteiger partial charge in [0.1, 0.15) is 62.6 Å². The van der Waals surface area contributed by atoms with Crippen molar-refractivity contribution in [1.82, 2.24) is 6.15 Å². The Bertz CT molecular complexity index is 6170. The van der Waals surface area contributed by atoms with Crippen LogP contribution in [0.2, 0.25) is 0 Å². The molecule has 0 amide bonds. The smallest absolute Gasteiger partial charge is 0.138 e. The molecule has 0 fully saturated rings. The Morgan fingerprint density at radius 1 is 0.181 bits per heavy atom. The van der Waals surface area contributed by atoms with Crippen LogP contribution in [0.4, 0.5) is 45.5 Å². The van der Waals surface area contributed by atoms with Gasteiger partial charge in [-0.15, -0.1) is 0 Å². The molecule has 682 valence electrons. The number of aromatic hydroxyl groups is 7. The van der Waals surface area contributed by atoms with E-state index in [2.05, 4.69) is 15.9 Å². The van der Waals surface area contributed by atoms with Crippen molar-refractivity contribution in [3.8, 4) is 73.6 Å². The second-order valence-electron chi connectivity index (χ2n) is 26.3. The molecule has 0 spiro atoms. The zero-order valence-electron chi connectivity index (χ0n) is 64.6. The van der Waals surface area contributed by atoms with Crippen molar-refractivity contribution >= 4 is 181 Å². The molecule has 37 heteroatoms. The van der Waals surface area contributed by atoms with E-state index in [1.165, 1.54) is 0 Å². The second kappa shape index (κ2) is 67.1. The van der Waals surface area contributed by atoms with Crippen molar-refractivity contribution in [2.24, 2.45) is 0 Å². The fourth-order valence-corrected chi connectivity index (χ4v) is 14.4. The second-order valence-corrected chi connectivity index (χ2v) is 27.3. The standard InChI is InChI=1S/C20H12N2O2.2C20H16N2O2.C10H7BrO.2C10H9NO.18Ar.H3N/c21-11-5-9-1-3-13-19-17(9)15(7-11)24-14-4-2-10-6-12(22)8-16(23-13)18(10)20(14)19;2*21-13-3-5-15-11(9-13)1-7-17(23)19(15)20-16-6-4-14(22)10-12(16)2-8-18(20)24;3*11-9-3-1-8-6-10(12)4-2-7(8)5-9;;;;;;;;;;;;;;;;;;;/h1-8H,21-22H2;2*1-10,23-24H,21-22H2;1-6,12H;2*1-6,12H,11H2;;;;;;;;;;;;;;;;;;;1H3. The van der Waals surface area contributed by atoms with Gasteiger partial charge in [-0.3, -0.25) is 0 Å². The minimum absolute atomic E-state index is 0. The first-order chi connectivity index (χ1) is 52.0. The van der Waals surface area contributed by atoms with Crippen molar-refractivity contribution in [2.45, 2.75) is 0 Å². The van der Waals surface area contributed by atoms with E-state index in [1.54, 1.807) is 84.9 Å². The van der Waals surface area contributed by atoms with Gasteiger partial charge in [-0.25, -0.2) is 0 Å². The van der Waals surface area contributed by atoms with Gasteiger partial charge in [-0.2, -0.15) is 0 Å². The molecule has 2 aliphatic rings. The number of nitrogens with two attached hydrogens (primary N) is 8. The van der Waals surface area contributed by atoms with Crippen molar-refractivity contribution in [1.29, 1.82) is 0 Å². The molecule has 0 saturated carbocycles. The molecular weight excluding hydrogens is 2150 g/mol. The normalized spacial score (nSPS) is 9.52. The van der Waals surface area contributed by atoms with E-state index in [1.807, 2.05) is 194 Å². The maximum Gasteiger partial charge on any atom is 0.138 e. The summed E-state index contributed by atoms with van der Waals surface area (Å²) in [5.41, 5.74) is 59.8. The predicted octanol–water partition coefficient (Wildman–Crippen LogP) is 21.4. The summed E-state index contributed by atoms with van der Waals surface area (Å²) < 4.78 is 13.4. The van der Waals surface area contributed by atoms with Crippen LogP contribution >= 0.6 is 15.9 Å². The van der Waals surface area contributed by atoms with Crippen LogP contribution in [0.5, 0.6) is 40.2 Å². The Balaban J connectivity index is -0.000000466. The molecular formula is C90H72Ar18BrN9O9. The average Bonchev–Trinajstić information content (AvgIpc) is 0.706. The molecule has 18 nitrogen and oxygen atoms in total. The first kappa shape index (κ1) is 143. The number of phenols is 7. The summed E-state index contributed by atoms with van der Waals surface area (Å²) in [5, 5.41) is 86.9. The number of fused-ring (bicyclic) bond motifs is 7. The van der Waals surface area contributed by atoms with Crippen LogP contribution in [0, 0.1) is 679 Å². The SMILES string of the molecule is N.Nc1cc2ccc3oc4cc(N)cc5ccc6oc(c1)c2c3-c6c54.Nc1ccc2c(-c3c(O)ccc4cc(N)ccc34)c(O)ccc2c1.Nc1ccc2c(-c3c(O)ccc4cc(N)ccc34)c(O)ccc2c1.Nc1ccc2cc(O)ccc2c1.Nc1ccc2cc(O)ccc2c1.Oc1ccc2cc(Br)ccc2c1.[Ar].[Ar].[Ar].[Ar].[Ar].[Ar].[Ar].[Ar].[Ar].[Ar].[Ar].[Ar].[Ar].[Ar].[Ar].[Ar].[Ar].[Ar]. The summed E-state index contributed by atoms with van der Waals surface area (Å²) in [4.78, 5) is 0. The third-order valence-corrected chi connectivity index (χ3v) is 19.4. The molecule has 18 aromatic carbocycles. The molecule has 0 aromatic heterocycles. The molecule has 0 saturated heterocycles. The number of nitrogen functional groups attached to an aromatic ring is 8. The van der Waals surface area contributed by atoms with Gasteiger partial charge in [-0.1, -0.05) is 113 Å². The van der Waals surface area contributed by atoms with Crippen LogP contribution in [0.15, 0.2) is 292 Å². The van der Waals surface area contributed by atoms with Crippen LogP contribution in [0.3, 0.4) is 0 Å². The van der Waals surface area contributed by atoms with E-state index in [0.717, 1.165) is 146 Å². The molecule has 0 radical (unpaired) electrons. The third kappa shape index (κ3) is 35.6. The number of hydrogen-bond acceptors (Lipinski definition) is 18. The van der Waals surface area contributed by atoms with Crippen molar-refractivity contribution in [3.63, 3.8) is 0 Å². The third-order valence-electron chi connectivity index (χ3n) is 18.9. The summed E-state index contributed by atoms with van der Waals surface area (Å²) in [6, 6.07) is 84.3. The Labute approximate surface area is 1280 Å². The summed E-state index contributed by atoms with van der Waals surface area (Å²) in [5.74, 6) is 1.29. The van der Waals surface area contributed by atoms with E-state index in [0.29, 0.717) is 62.1 Å². The van der Waals surface area contributed by atoms with Gasteiger partial charge in [0.15, 0.2) is 0 Å². The Kier molecular flexibility index (Phi) is 75.8. The van der Waals surface area contributed by atoms with Gasteiger partial charge in [0.25, 0.3) is 0 Å². The first-order valence-electron chi connectivity index (χ1n) is 34.0. The number of hydrogen-bond donors (Lipinski definition) is 16. The summed E-state index contributed by atoms with van der Waals surface area (Å²) in [6.45, 7) is 0. The zero-order chi connectivity index (χ0) is 75.3. The number of rotatable bonds is 2. The van der Waals surface area contributed by atoms with E-state index in [4.69, 9.17) is 64.9 Å². The van der Waals surface area contributed by atoms with Crippen molar-refractivity contribution in [3.05, 3.63) is 284 Å². The average molecular weight is 2220 g/mol. The number of benzene rings is 18. The molecule has 2 heterocycles. The maximum absolute atomic E-state index is 10.5. The maximum atomic E-state index is 10.5. The summed E-state index contributed by atoms with van der Waals surface area (Å²) in [6.07, 6.45) is 0. The van der Waals surface area contributed by atoms with Crippen LogP contribution < -0.4 is 52.0 Å². The minimum Gasteiger partial charge on any atom is -0.508 e. The molecule has 20 rings (SSSR count). The van der Waals surface area contributed by atoms with E-state index in [9.17, 15) is 25.5 Å². The van der Waals surface area contributed by atoms with Gasteiger partial charge in [0.05, 0.1) is 0 Å². The number of halogens is 1. The minimum atomic E-state index is 0. The summed E-state index contributed by atoms with van der Waals surface area (Å²) in [7, 11) is 0. The fourth-order valence-electron chi connectivity index (χ4n) is 14.0. The van der Waals surface area contributed by atoms with Gasteiger partial charge in [0, 0.05) is 786 Å². The molecule has 127 heavy (non-hydrogen) atoms. The predicted molar refractivity (Wildman–Crippen MR) is 454 cm³/mol. The Morgan fingerprint density at radius 3 is 0.661 bits per heavy atom. The van der Waals surface area contributed by atoms with Crippen LogP contribution in [0.1, 0.15) is 0 Å². The van der Waals surface area contributed by atoms with Crippen molar-refractivity contribution < 1.29 is 724 Å². The Morgan fingerprint density at radius 2 is 0.386 bits per heavy atom. The molecule has 2 aliphatic heterocycles. The van der Waals surface area contributed by atoms with E-state index >= 15 is 0 Å². The van der Waals surface area contributed by atoms with Gasteiger partial charge < -0.3 is 96.6 Å². The Hall–Kier alpha value is 8.02. The van der Waals surface area contributed by atoms with E-state index < -0.39 is 0 Å². The molecule has 0 aliphatic carbocycles. The summed E-state index contributed by atoms with van der Waals surface area (Å²) >= 11 is 3.39. The quantitative estimate of drug-likeness (QED) is 0.0434. The topological polar surface area (TPSA) is 411 Å². The van der Waals surface area contributed by atoms with Crippen LogP contribution in [-0.2, 0) is 0 Å². The molecule has 0 atom stereocenters. The molecule has 18 aromatic rings. The molecule has 26 N–H and O–H groups in total. The van der Waals surface area contributed by atoms with Crippen LogP contribution in [-0.4, -0.2) is 35.7 Å². The largest absolute Gasteiger partial charge is 0.508 e. The zero-order valence-corrected chi connectivity index (χ0v) is 78.9. The molecule has 0 unspecified atom stereocenters. The van der Waals surface area contributed by atoms with E-state index in [-0.39, 0.29) is 720 Å². The van der Waals surface area contributed by atoms with Crippen LogP contribution in [0.25, 0.3) is 153 Å². The van der Waals surface area contributed by atoms with Gasteiger partial charge >= 0.3 is 0 Å². The molecule has 0 bridgehead atoms. The van der Waals surface area contributed by atoms with Crippen molar-refractivity contribution in [2.75, 3.05) is 45.9 Å². The fraction of sp³-hybridized carbons (Fsp3) is 0. The van der Waals surface area contributed by atoms with Gasteiger partial charge in [-0.05, 0) is 256 Å². The van der Waals surface area contributed by atoms with Gasteiger partial charge in [0.2, 0.25) is 0 Å². The monoisotopic (exact) mass is 2220 g/mol.